The van der Waals surface area contributed by atoms with Crippen LogP contribution >= 0.6 is 0 Å². The van der Waals surface area contributed by atoms with Gasteiger partial charge in [-0.25, -0.2) is 0 Å². The SMILES string of the molecule is CC(=[18O])C(=[18O])[18O-].[Na+]. The monoisotopic (exact) mass is 116 g/mol. The molecule has 0 N–H and O–H groups in total. The number of rotatable bonds is 1. The van der Waals surface area contributed by atoms with Crippen LogP contribution in [0.2, 0.25) is 0 Å². The number of ketones is 1. The molecule has 0 heterocycles. The fourth-order valence-electron chi connectivity index (χ4n) is 0. The molecular formula is C3H3NaO3. The summed E-state index contributed by atoms with van der Waals surface area (Å²) >= 11 is 0. The van der Waals surface area contributed by atoms with Gasteiger partial charge in [0.05, 0.1) is 0 Å². The van der Waals surface area contributed by atoms with Crippen LogP contribution in [-0.4, -0.2) is 11.8 Å². The predicted molar refractivity (Wildman–Crippen MR) is 15.7 cm³/mol. The number of hydrogen-bond donors (Lipinski definition) is 0. The van der Waals surface area contributed by atoms with Crippen LogP contribution in [0.4, 0.5) is 0 Å². The van der Waals surface area contributed by atoms with E-state index in [9.17, 15) is 14.7 Å². The molecule has 34 valence electrons. The first-order valence-corrected chi connectivity index (χ1v) is 1.36. The number of Topliss-reactive ketones (excluding diaryl/α,β-unsaturated/α-hetero) is 1. The van der Waals surface area contributed by atoms with Crippen LogP contribution in [0.5, 0.6) is 0 Å². The third kappa shape index (κ3) is 6.14. The van der Waals surface area contributed by atoms with Crippen molar-refractivity contribution in [3.63, 3.8) is 0 Å². The van der Waals surface area contributed by atoms with Gasteiger partial charge in [-0.2, -0.15) is 0 Å². The Balaban J connectivity index is 0. The molecule has 0 radical (unpaired) electrons. The largest absolute Gasteiger partial charge is 1.00 e. The van der Waals surface area contributed by atoms with Crippen molar-refractivity contribution in [3.05, 3.63) is 0 Å². The van der Waals surface area contributed by atoms with Gasteiger partial charge in [0.25, 0.3) is 0 Å². The molecule has 0 atom stereocenters. The summed E-state index contributed by atoms with van der Waals surface area (Å²) < 4.78 is 0. The van der Waals surface area contributed by atoms with Crippen LogP contribution in [0.1, 0.15) is 6.92 Å². The Morgan fingerprint density at radius 1 is 1.43 bits per heavy atom. The Hall–Kier alpha value is 0.140. The zero-order chi connectivity index (χ0) is 5.15. The summed E-state index contributed by atoms with van der Waals surface area (Å²) in [5.41, 5.74) is 0. The Morgan fingerprint density at radius 3 is 1.57 bits per heavy atom. The Bertz CT molecular complexity index is 76.2. The Labute approximate surface area is 63.0 Å². The van der Waals surface area contributed by atoms with E-state index in [1.165, 1.54) is 0 Å². The number of aliphatic carboxylic acids is 1. The molecular weight excluding hydrogens is 113 g/mol. The van der Waals surface area contributed by atoms with Gasteiger partial charge in [-0.15, -0.1) is 0 Å². The van der Waals surface area contributed by atoms with E-state index < -0.39 is 11.8 Å². The predicted octanol–water partition coefficient (Wildman–Crippen LogP) is -4.67. The maximum Gasteiger partial charge on any atom is 1.00 e. The van der Waals surface area contributed by atoms with Crippen LogP contribution in [0.15, 0.2) is 0 Å². The van der Waals surface area contributed by atoms with Crippen molar-refractivity contribution in [2.45, 2.75) is 6.92 Å². The first kappa shape index (κ1) is 10.2. The minimum Gasteiger partial charge on any atom is -0.542 e. The quantitative estimate of drug-likeness (QED) is 0.196. The molecule has 0 unspecified atom stereocenters. The molecule has 3 nitrogen and oxygen atoms in total. The van der Waals surface area contributed by atoms with E-state index in [0.29, 0.717) is 0 Å². The molecule has 0 aromatic heterocycles. The number of carboxylic acid groups (broad SMARTS) is 1. The van der Waals surface area contributed by atoms with Crippen molar-refractivity contribution in [2.24, 2.45) is 0 Å². The molecule has 4 heteroatoms. The molecule has 0 amide bonds. The van der Waals surface area contributed by atoms with E-state index in [1.54, 1.807) is 0 Å². The van der Waals surface area contributed by atoms with Crippen molar-refractivity contribution in [2.75, 3.05) is 0 Å². The molecule has 0 aliphatic carbocycles. The van der Waals surface area contributed by atoms with E-state index in [-0.39, 0.29) is 29.6 Å². The molecule has 0 bridgehead atoms. The fourth-order valence-corrected chi connectivity index (χ4v) is 0. The van der Waals surface area contributed by atoms with Crippen molar-refractivity contribution in [1.82, 2.24) is 0 Å². The van der Waals surface area contributed by atoms with Gasteiger partial charge in [0.15, 0.2) is 5.78 Å². The second kappa shape index (κ2) is 4.30. The zero-order valence-corrected chi connectivity index (χ0v) is 6.22. The molecule has 0 aromatic carbocycles. The summed E-state index contributed by atoms with van der Waals surface area (Å²) in [5.74, 6) is -2.56. The Kier molecular flexibility index (Phi) is 6.26. The topological polar surface area (TPSA) is 57.2 Å². The number of hydrogen-bond acceptors (Lipinski definition) is 3. The summed E-state index contributed by atoms with van der Waals surface area (Å²) in [6.45, 7) is 0.940. The van der Waals surface area contributed by atoms with Gasteiger partial charge in [0, 0.05) is 6.92 Å². The number of carboxylic acids is 1. The maximum absolute atomic E-state index is 9.48. The first-order chi connectivity index (χ1) is 2.64. The standard InChI is InChI=1S/C3H4O3.Na/c1-2(4)3(5)6;/h1H3,(H,5,6);/q;+1/p-1/i4+2,5+2,6+2;. The van der Waals surface area contributed by atoms with E-state index in [2.05, 4.69) is 0 Å². The average molecular weight is 116 g/mol. The molecule has 0 aliphatic rings. The van der Waals surface area contributed by atoms with Crippen LogP contribution < -0.4 is 34.7 Å². The minimum atomic E-state index is -1.63. The third-order valence-corrected chi connectivity index (χ3v) is 0.287. The van der Waals surface area contributed by atoms with Gasteiger partial charge in [-0.1, -0.05) is 0 Å². The Morgan fingerprint density at radius 2 is 1.57 bits per heavy atom. The van der Waals surface area contributed by atoms with Gasteiger partial charge in [-0.3, -0.25) is 4.79 Å². The van der Waals surface area contributed by atoms with Crippen LogP contribution in [0, 0.1) is 0 Å². The molecule has 0 saturated heterocycles. The van der Waals surface area contributed by atoms with Gasteiger partial charge in [0.1, 0.15) is 5.97 Å². The van der Waals surface area contributed by atoms with Gasteiger partial charge < -0.3 is 9.90 Å². The van der Waals surface area contributed by atoms with Crippen molar-refractivity contribution in [1.29, 1.82) is 0 Å². The van der Waals surface area contributed by atoms with Crippen LogP contribution in [0.3, 0.4) is 0 Å². The van der Waals surface area contributed by atoms with E-state index in [1.807, 2.05) is 0 Å². The van der Waals surface area contributed by atoms with Crippen molar-refractivity contribution < 1.29 is 44.3 Å². The summed E-state index contributed by atoms with van der Waals surface area (Å²) in [5, 5.41) is 9.24. The summed E-state index contributed by atoms with van der Waals surface area (Å²) in [7, 11) is 0. The maximum atomic E-state index is 9.48. The zero-order valence-electron chi connectivity index (χ0n) is 4.22. The van der Waals surface area contributed by atoms with Crippen molar-refractivity contribution >= 4 is 11.8 Å². The smallest absolute Gasteiger partial charge is 0.542 e. The molecule has 0 aromatic rings. The first-order valence-electron chi connectivity index (χ1n) is 1.36. The van der Waals surface area contributed by atoms with Gasteiger partial charge >= 0.3 is 29.6 Å². The summed E-state index contributed by atoms with van der Waals surface area (Å²) in [6, 6.07) is 0. The van der Waals surface area contributed by atoms with E-state index >= 15 is 0 Å². The molecule has 0 saturated carbocycles. The van der Waals surface area contributed by atoms with Gasteiger partial charge in [0.2, 0.25) is 0 Å². The minimum absolute atomic E-state index is 0. The second-order valence-corrected chi connectivity index (χ2v) is 0.844. The van der Waals surface area contributed by atoms with E-state index in [0.717, 1.165) is 6.92 Å². The van der Waals surface area contributed by atoms with Crippen LogP contribution in [-0.2, 0) is 9.59 Å². The normalized spacial score (nSPS) is 6.43. The van der Waals surface area contributed by atoms with Crippen molar-refractivity contribution in [3.8, 4) is 0 Å². The third-order valence-electron chi connectivity index (χ3n) is 0.287. The van der Waals surface area contributed by atoms with Gasteiger partial charge in [-0.05, 0) is 0 Å². The molecule has 0 rings (SSSR count). The second-order valence-electron chi connectivity index (χ2n) is 0.844. The summed E-state index contributed by atoms with van der Waals surface area (Å²) in [4.78, 5) is 18.7. The summed E-state index contributed by atoms with van der Waals surface area (Å²) in [6.07, 6.45) is 0. The number of carbonyl (C=O) groups excluding carboxylic acids is 2. The molecule has 0 spiro atoms. The van der Waals surface area contributed by atoms with Crippen LogP contribution in [0.25, 0.3) is 0 Å². The average Bonchev–Trinajstić information content (AvgIpc) is 1.36. The fraction of sp³-hybridized carbons (Fsp3) is 0.333. The van der Waals surface area contributed by atoms with E-state index in [4.69, 9.17) is 0 Å². The molecule has 7 heavy (non-hydrogen) atoms. The molecule has 0 aliphatic heterocycles. The molecule has 0 fully saturated rings. The number of carbonyl (C=O) groups is 2.